The van der Waals surface area contributed by atoms with E-state index in [4.69, 9.17) is 0 Å². The Labute approximate surface area is 153 Å². The van der Waals surface area contributed by atoms with Gasteiger partial charge in [0.05, 0.1) is 5.75 Å². The number of hydrogen-bond acceptors (Lipinski definition) is 6. The summed E-state index contributed by atoms with van der Waals surface area (Å²) in [7, 11) is -3.03. The summed E-state index contributed by atoms with van der Waals surface area (Å²) in [6.45, 7) is 3.57. The Kier molecular flexibility index (Phi) is 5.27. The van der Waals surface area contributed by atoms with Gasteiger partial charge in [-0.05, 0) is 36.8 Å². The highest BCUT2D eigenvalue weighted by molar-refractivity contribution is 7.90. The number of hydrogen-bond donors (Lipinski definition) is 1. The summed E-state index contributed by atoms with van der Waals surface area (Å²) in [5.74, 6) is 1.51. The first kappa shape index (κ1) is 18.0. The first-order chi connectivity index (χ1) is 12.4. The minimum Gasteiger partial charge on any atom is -0.340 e. The summed E-state index contributed by atoms with van der Waals surface area (Å²) >= 11 is 0. The molecule has 3 rings (SSSR count). The summed E-state index contributed by atoms with van der Waals surface area (Å²) in [5.41, 5.74) is 3.35. The molecule has 2 heterocycles. The van der Waals surface area contributed by atoms with Crippen LogP contribution in [0.4, 0.5) is 11.5 Å². The molecule has 0 atom stereocenters. The van der Waals surface area contributed by atoms with E-state index >= 15 is 0 Å². The number of sulfone groups is 1. The number of pyridine rings is 1. The largest absolute Gasteiger partial charge is 0.340 e. The van der Waals surface area contributed by atoms with Crippen LogP contribution in [0.15, 0.2) is 54.9 Å². The number of anilines is 2. The average Bonchev–Trinajstić information content (AvgIpc) is 2.63. The van der Waals surface area contributed by atoms with Gasteiger partial charge < -0.3 is 5.32 Å². The lowest BCUT2D eigenvalue weighted by atomic mass is 10.2. The maximum absolute atomic E-state index is 11.7. The molecule has 1 N–H and O–H groups in total. The standard InChI is InChI=1S/C19H20N4O2S/c1-3-26(24,25)13-15-4-6-17(7-5-15)22-18-12-14(2)21-19(23-18)16-8-10-20-11-9-16/h4-12H,3,13H2,1-2H3,(H,21,22,23). The summed E-state index contributed by atoms with van der Waals surface area (Å²) in [6, 6.07) is 12.9. The van der Waals surface area contributed by atoms with Gasteiger partial charge in [-0.1, -0.05) is 19.1 Å². The zero-order chi connectivity index (χ0) is 18.6. The van der Waals surface area contributed by atoms with E-state index in [-0.39, 0.29) is 11.5 Å². The number of nitrogens with zero attached hydrogens (tertiary/aromatic N) is 3. The Balaban J connectivity index is 1.80. The predicted octanol–water partition coefficient (Wildman–Crippen LogP) is 3.53. The second-order valence-electron chi connectivity index (χ2n) is 5.95. The van der Waals surface area contributed by atoms with Crippen LogP contribution in [0.5, 0.6) is 0 Å². The molecule has 0 aliphatic carbocycles. The smallest absolute Gasteiger partial charge is 0.161 e. The lowest BCUT2D eigenvalue weighted by molar-refractivity contribution is 0.596. The Morgan fingerprint density at radius 3 is 2.35 bits per heavy atom. The molecular weight excluding hydrogens is 348 g/mol. The van der Waals surface area contributed by atoms with Crippen LogP contribution in [0.1, 0.15) is 18.2 Å². The van der Waals surface area contributed by atoms with E-state index in [1.807, 2.05) is 49.4 Å². The highest BCUT2D eigenvalue weighted by Crippen LogP contribution is 2.21. The van der Waals surface area contributed by atoms with Crippen LogP contribution in [-0.4, -0.2) is 29.1 Å². The summed E-state index contributed by atoms with van der Waals surface area (Å²) < 4.78 is 23.4. The second kappa shape index (κ2) is 7.61. The van der Waals surface area contributed by atoms with Gasteiger partial charge in [0.25, 0.3) is 0 Å². The predicted molar refractivity (Wildman–Crippen MR) is 103 cm³/mol. The van der Waals surface area contributed by atoms with Gasteiger partial charge in [-0.25, -0.2) is 18.4 Å². The molecule has 2 aromatic heterocycles. The molecular formula is C19H20N4O2S. The van der Waals surface area contributed by atoms with Gasteiger partial charge >= 0.3 is 0 Å². The summed E-state index contributed by atoms with van der Waals surface area (Å²) in [4.78, 5) is 13.0. The molecule has 0 saturated carbocycles. The van der Waals surface area contributed by atoms with Gasteiger partial charge in [0.15, 0.2) is 15.7 Å². The van der Waals surface area contributed by atoms with Crippen molar-refractivity contribution in [3.63, 3.8) is 0 Å². The van der Waals surface area contributed by atoms with Crippen LogP contribution >= 0.6 is 0 Å². The van der Waals surface area contributed by atoms with Crippen molar-refractivity contribution in [3.8, 4) is 11.4 Å². The van der Waals surface area contributed by atoms with E-state index in [9.17, 15) is 8.42 Å². The van der Waals surface area contributed by atoms with E-state index in [0.29, 0.717) is 11.6 Å². The molecule has 1 aromatic carbocycles. The van der Waals surface area contributed by atoms with Crippen LogP contribution < -0.4 is 5.32 Å². The van der Waals surface area contributed by atoms with Crippen molar-refractivity contribution in [2.45, 2.75) is 19.6 Å². The minimum atomic E-state index is -3.03. The second-order valence-corrected chi connectivity index (χ2v) is 8.31. The molecule has 3 aromatic rings. The molecule has 0 bridgehead atoms. The van der Waals surface area contributed by atoms with E-state index < -0.39 is 9.84 Å². The minimum absolute atomic E-state index is 0.0581. The van der Waals surface area contributed by atoms with E-state index in [2.05, 4.69) is 20.3 Å². The van der Waals surface area contributed by atoms with Crippen LogP contribution in [-0.2, 0) is 15.6 Å². The van der Waals surface area contributed by atoms with E-state index in [0.717, 1.165) is 22.5 Å². The molecule has 0 spiro atoms. The molecule has 0 saturated heterocycles. The number of aromatic nitrogens is 3. The van der Waals surface area contributed by atoms with Gasteiger partial charge in [0.2, 0.25) is 0 Å². The number of rotatable bonds is 6. The highest BCUT2D eigenvalue weighted by Gasteiger charge is 2.09. The quantitative estimate of drug-likeness (QED) is 0.716. The van der Waals surface area contributed by atoms with E-state index in [1.165, 1.54) is 0 Å². The SMILES string of the molecule is CCS(=O)(=O)Cc1ccc(Nc2cc(C)nc(-c3ccncc3)n2)cc1. The Morgan fingerprint density at radius 1 is 1.00 bits per heavy atom. The monoisotopic (exact) mass is 368 g/mol. The number of aryl methyl sites for hydroxylation is 1. The van der Waals surface area contributed by atoms with Gasteiger partial charge in [0.1, 0.15) is 5.82 Å². The van der Waals surface area contributed by atoms with Crippen molar-refractivity contribution in [1.29, 1.82) is 0 Å². The maximum Gasteiger partial charge on any atom is 0.161 e. The Hall–Kier alpha value is -2.80. The van der Waals surface area contributed by atoms with Crippen molar-refractivity contribution in [2.24, 2.45) is 0 Å². The zero-order valence-electron chi connectivity index (χ0n) is 14.7. The molecule has 0 amide bonds. The molecule has 6 nitrogen and oxygen atoms in total. The lowest BCUT2D eigenvalue weighted by Crippen LogP contribution is -2.06. The fourth-order valence-corrected chi connectivity index (χ4v) is 3.36. The summed E-state index contributed by atoms with van der Waals surface area (Å²) in [6.07, 6.45) is 3.41. The van der Waals surface area contributed by atoms with Gasteiger partial charge in [-0.15, -0.1) is 0 Å². The summed E-state index contributed by atoms with van der Waals surface area (Å²) in [5, 5.41) is 3.24. The molecule has 0 aliphatic rings. The van der Waals surface area contributed by atoms with Gasteiger partial charge in [-0.2, -0.15) is 0 Å². The van der Waals surface area contributed by atoms with Crippen LogP contribution in [0.2, 0.25) is 0 Å². The zero-order valence-corrected chi connectivity index (χ0v) is 15.5. The van der Waals surface area contributed by atoms with Gasteiger partial charge in [0, 0.05) is 41.2 Å². The molecule has 26 heavy (non-hydrogen) atoms. The fraction of sp³-hybridized carbons (Fsp3) is 0.211. The van der Waals surface area contributed by atoms with Gasteiger partial charge in [-0.3, -0.25) is 4.98 Å². The third-order valence-electron chi connectivity index (χ3n) is 3.85. The molecule has 0 fully saturated rings. The molecule has 0 radical (unpaired) electrons. The maximum atomic E-state index is 11.7. The third-order valence-corrected chi connectivity index (χ3v) is 5.50. The normalized spacial score (nSPS) is 11.3. The molecule has 0 aliphatic heterocycles. The van der Waals surface area contributed by atoms with Crippen LogP contribution in [0.3, 0.4) is 0 Å². The van der Waals surface area contributed by atoms with Crippen molar-refractivity contribution in [3.05, 3.63) is 66.1 Å². The van der Waals surface area contributed by atoms with Crippen molar-refractivity contribution < 1.29 is 8.42 Å². The highest BCUT2D eigenvalue weighted by atomic mass is 32.2. The molecule has 0 unspecified atom stereocenters. The molecule has 7 heteroatoms. The fourth-order valence-electron chi connectivity index (χ4n) is 2.45. The Bertz CT molecular complexity index is 988. The first-order valence-corrected chi connectivity index (χ1v) is 10.1. The number of benzene rings is 1. The third kappa shape index (κ3) is 4.64. The average molecular weight is 368 g/mol. The van der Waals surface area contributed by atoms with Crippen LogP contribution in [0, 0.1) is 6.92 Å². The lowest BCUT2D eigenvalue weighted by Gasteiger charge is -2.09. The molecule has 134 valence electrons. The van der Waals surface area contributed by atoms with Crippen LogP contribution in [0.25, 0.3) is 11.4 Å². The topological polar surface area (TPSA) is 84.8 Å². The van der Waals surface area contributed by atoms with Crippen molar-refractivity contribution in [1.82, 2.24) is 15.0 Å². The number of nitrogens with one attached hydrogen (secondary N) is 1. The van der Waals surface area contributed by atoms with Crippen molar-refractivity contribution >= 4 is 21.3 Å². The van der Waals surface area contributed by atoms with E-state index in [1.54, 1.807) is 19.3 Å². The Morgan fingerprint density at radius 2 is 1.69 bits per heavy atom. The van der Waals surface area contributed by atoms with Crippen molar-refractivity contribution in [2.75, 3.05) is 11.1 Å². The first-order valence-electron chi connectivity index (χ1n) is 8.27.